The van der Waals surface area contributed by atoms with Crippen LogP contribution in [0.1, 0.15) is 40.0 Å². The van der Waals surface area contributed by atoms with Gasteiger partial charge in [0.1, 0.15) is 5.60 Å². The molecule has 1 aliphatic heterocycles. The summed E-state index contributed by atoms with van der Waals surface area (Å²) in [4.78, 5) is 31.1. The van der Waals surface area contributed by atoms with Gasteiger partial charge in [0.05, 0.1) is 16.6 Å². The van der Waals surface area contributed by atoms with E-state index in [-0.39, 0.29) is 17.8 Å². The smallest absolute Gasteiger partial charge is 0.307 e. The molecular weight excluding hydrogens is 376 g/mol. The van der Waals surface area contributed by atoms with Gasteiger partial charge in [-0.15, -0.1) is 0 Å². The first-order valence-electron chi connectivity index (χ1n) is 9.61. The molecular formula is C20H28N4O3S. The third-order valence-electron chi connectivity index (χ3n) is 4.65. The molecule has 3 rings (SSSR count). The highest BCUT2D eigenvalue weighted by atomic mass is 32.1. The molecule has 1 aromatic carbocycles. The molecule has 0 aliphatic carbocycles. The largest absolute Gasteiger partial charge is 0.460 e. The highest BCUT2D eigenvalue weighted by molar-refractivity contribution is 7.22. The van der Waals surface area contributed by atoms with E-state index in [1.807, 2.05) is 32.9 Å². The van der Waals surface area contributed by atoms with Gasteiger partial charge in [-0.05, 0) is 64.9 Å². The van der Waals surface area contributed by atoms with E-state index in [1.165, 1.54) is 11.3 Å². The van der Waals surface area contributed by atoms with E-state index in [2.05, 4.69) is 15.2 Å². The van der Waals surface area contributed by atoms with E-state index in [0.717, 1.165) is 36.1 Å². The average Bonchev–Trinajstić information content (AvgIpc) is 3.00. The van der Waals surface area contributed by atoms with Gasteiger partial charge >= 0.3 is 5.97 Å². The normalized spacial score (nSPS) is 16.2. The van der Waals surface area contributed by atoms with Crippen molar-refractivity contribution in [3.05, 3.63) is 18.2 Å². The number of piperidine rings is 1. The minimum Gasteiger partial charge on any atom is -0.460 e. The van der Waals surface area contributed by atoms with Gasteiger partial charge in [0.25, 0.3) is 0 Å². The van der Waals surface area contributed by atoms with Crippen LogP contribution in [0.5, 0.6) is 0 Å². The fourth-order valence-corrected chi connectivity index (χ4v) is 4.18. The van der Waals surface area contributed by atoms with Gasteiger partial charge in [-0.25, -0.2) is 4.98 Å². The predicted molar refractivity (Wildman–Crippen MR) is 112 cm³/mol. The SMILES string of the molecule is CC(C)(C)OC(=O)CCN1CCC(C(=O)Nc2nc3ccc(N)cc3s2)CC1. The first kappa shape index (κ1) is 20.5. The number of amides is 1. The lowest BCUT2D eigenvalue weighted by Crippen LogP contribution is -2.39. The van der Waals surface area contributed by atoms with Crippen molar-refractivity contribution < 1.29 is 14.3 Å². The summed E-state index contributed by atoms with van der Waals surface area (Å²) in [6, 6.07) is 5.53. The number of fused-ring (bicyclic) bond motifs is 1. The van der Waals surface area contributed by atoms with E-state index in [1.54, 1.807) is 6.07 Å². The lowest BCUT2D eigenvalue weighted by molar-refractivity contribution is -0.155. The molecule has 2 aromatic rings. The zero-order valence-electron chi connectivity index (χ0n) is 16.7. The zero-order chi connectivity index (χ0) is 20.3. The molecule has 1 aromatic heterocycles. The highest BCUT2D eigenvalue weighted by Gasteiger charge is 2.26. The maximum atomic E-state index is 12.6. The van der Waals surface area contributed by atoms with Crippen LogP contribution >= 0.6 is 11.3 Å². The Bertz CT molecular complexity index is 851. The Balaban J connectivity index is 1.45. The standard InChI is InChI=1S/C20H28N4O3S/c1-20(2,3)27-17(25)8-11-24-9-6-13(7-10-24)18(26)23-19-22-15-5-4-14(21)12-16(15)28-19/h4-5,12-13H,6-11,21H2,1-3H3,(H,22,23,26). The van der Waals surface area contributed by atoms with Crippen molar-refractivity contribution in [2.45, 2.75) is 45.6 Å². The van der Waals surface area contributed by atoms with Gasteiger partial charge in [-0.2, -0.15) is 0 Å². The molecule has 28 heavy (non-hydrogen) atoms. The molecule has 0 radical (unpaired) electrons. The molecule has 1 amide bonds. The molecule has 0 bridgehead atoms. The van der Waals surface area contributed by atoms with Gasteiger partial charge in [0.2, 0.25) is 5.91 Å². The Hall–Kier alpha value is -2.19. The van der Waals surface area contributed by atoms with Crippen LogP contribution in [-0.4, -0.2) is 47.0 Å². The Morgan fingerprint density at radius 3 is 2.71 bits per heavy atom. The van der Waals surface area contributed by atoms with E-state index in [9.17, 15) is 9.59 Å². The number of rotatable bonds is 5. The van der Waals surface area contributed by atoms with Gasteiger partial charge in [0, 0.05) is 18.2 Å². The van der Waals surface area contributed by atoms with Gasteiger partial charge < -0.3 is 20.7 Å². The molecule has 1 fully saturated rings. The number of likely N-dealkylation sites (tertiary alicyclic amines) is 1. The number of nitrogen functional groups attached to an aromatic ring is 1. The summed E-state index contributed by atoms with van der Waals surface area (Å²) in [7, 11) is 0. The van der Waals surface area contributed by atoms with Crippen molar-refractivity contribution in [1.82, 2.24) is 9.88 Å². The van der Waals surface area contributed by atoms with Crippen LogP contribution in [0, 0.1) is 5.92 Å². The fraction of sp³-hybridized carbons (Fsp3) is 0.550. The lowest BCUT2D eigenvalue weighted by atomic mass is 9.96. The zero-order valence-corrected chi connectivity index (χ0v) is 17.5. The summed E-state index contributed by atoms with van der Waals surface area (Å²) in [6.45, 7) is 7.89. The maximum absolute atomic E-state index is 12.6. The first-order valence-corrected chi connectivity index (χ1v) is 10.4. The van der Waals surface area contributed by atoms with Crippen LogP contribution in [-0.2, 0) is 14.3 Å². The van der Waals surface area contributed by atoms with E-state index in [4.69, 9.17) is 10.5 Å². The number of esters is 1. The second-order valence-electron chi connectivity index (χ2n) is 8.19. The summed E-state index contributed by atoms with van der Waals surface area (Å²) < 4.78 is 6.31. The van der Waals surface area contributed by atoms with Crippen molar-refractivity contribution in [2.75, 3.05) is 30.7 Å². The van der Waals surface area contributed by atoms with Crippen LogP contribution in [0.15, 0.2) is 18.2 Å². The number of aromatic nitrogens is 1. The number of nitrogens with zero attached hydrogens (tertiary/aromatic N) is 2. The summed E-state index contributed by atoms with van der Waals surface area (Å²) in [5.41, 5.74) is 6.87. The minimum atomic E-state index is -0.450. The predicted octanol–water partition coefficient (Wildman–Crippen LogP) is 3.26. The summed E-state index contributed by atoms with van der Waals surface area (Å²) >= 11 is 1.44. The van der Waals surface area contributed by atoms with Gasteiger partial charge in [-0.3, -0.25) is 9.59 Å². The van der Waals surface area contributed by atoms with Crippen LogP contribution in [0.4, 0.5) is 10.8 Å². The molecule has 8 heteroatoms. The van der Waals surface area contributed by atoms with Gasteiger partial charge in [-0.1, -0.05) is 11.3 Å². The molecule has 0 spiro atoms. The lowest BCUT2D eigenvalue weighted by Gasteiger charge is -2.31. The Kier molecular flexibility index (Phi) is 6.20. The summed E-state index contributed by atoms with van der Waals surface area (Å²) in [5, 5.41) is 3.56. The number of benzene rings is 1. The van der Waals surface area contributed by atoms with E-state index >= 15 is 0 Å². The number of anilines is 2. The second kappa shape index (κ2) is 8.45. The summed E-state index contributed by atoms with van der Waals surface area (Å²) in [5.74, 6) is -0.197. The molecule has 1 aliphatic rings. The molecule has 0 unspecified atom stereocenters. The van der Waals surface area contributed by atoms with Crippen molar-refractivity contribution in [3.8, 4) is 0 Å². The highest BCUT2D eigenvalue weighted by Crippen LogP contribution is 2.28. The molecule has 1 saturated heterocycles. The molecule has 2 heterocycles. The number of carbonyl (C=O) groups is 2. The molecule has 0 atom stereocenters. The van der Waals surface area contributed by atoms with Crippen LogP contribution < -0.4 is 11.1 Å². The monoisotopic (exact) mass is 404 g/mol. The van der Waals surface area contributed by atoms with E-state index < -0.39 is 5.60 Å². The number of nitrogens with two attached hydrogens (primary N) is 1. The third kappa shape index (κ3) is 5.65. The molecule has 3 N–H and O–H groups in total. The van der Waals surface area contributed by atoms with E-state index in [0.29, 0.717) is 23.8 Å². The number of thiazole rings is 1. The van der Waals surface area contributed by atoms with Gasteiger partial charge in [0.15, 0.2) is 5.13 Å². The number of hydrogen-bond acceptors (Lipinski definition) is 7. The first-order chi connectivity index (χ1) is 13.2. The topological polar surface area (TPSA) is 97.5 Å². The number of ether oxygens (including phenoxy) is 1. The van der Waals surface area contributed by atoms with Crippen LogP contribution in [0.25, 0.3) is 10.2 Å². The number of carbonyl (C=O) groups excluding carboxylic acids is 2. The van der Waals surface area contributed by atoms with Crippen LogP contribution in [0.3, 0.4) is 0 Å². The third-order valence-corrected chi connectivity index (χ3v) is 5.59. The molecule has 7 nitrogen and oxygen atoms in total. The Labute approximate surface area is 169 Å². The average molecular weight is 405 g/mol. The number of hydrogen-bond donors (Lipinski definition) is 2. The van der Waals surface area contributed by atoms with Crippen molar-refractivity contribution in [2.24, 2.45) is 5.92 Å². The van der Waals surface area contributed by atoms with Crippen molar-refractivity contribution in [1.29, 1.82) is 0 Å². The molecule has 0 saturated carbocycles. The van der Waals surface area contributed by atoms with Crippen molar-refractivity contribution >= 4 is 44.2 Å². The Morgan fingerprint density at radius 2 is 2.04 bits per heavy atom. The van der Waals surface area contributed by atoms with Crippen molar-refractivity contribution in [3.63, 3.8) is 0 Å². The Morgan fingerprint density at radius 1 is 1.32 bits per heavy atom. The fourth-order valence-electron chi connectivity index (χ4n) is 3.26. The molecule has 152 valence electrons. The second-order valence-corrected chi connectivity index (χ2v) is 9.22. The maximum Gasteiger partial charge on any atom is 0.307 e. The number of nitrogens with one attached hydrogen (secondary N) is 1. The van der Waals surface area contributed by atoms with Crippen LogP contribution in [0.2, 0.25) is 0 Å². The minimum absolute atomic E-state index is 0.0128. The quantitative estimate of drug-likeness (QED) is 0.586. The summed E-state index contributed by atoms with van der Waals surface area (Å²) in [6.07, 6.45) is 1.93.